The number of amides is 1. The summed E-state index contributed by atoms with van der Waals surface area (Å²) in [5.41, 5.74) is 7.79. The Morgan fingerprint density at radius 1 is 1.29 bits per heavy atom. The predicted octanol–water partition coefficient (Wildman–Crippen LogP) is 2.91. The minimum Gasteiger partial charge on any atom is -0.365 e. The lowest BCUT2D eigenvalue weighted by molar-refractivity contribution is 0.0997. The molecule has 0 radical (unpaired) electrons. The van der Waals surface area contributed by atoms with Crippen LogP contribution in [0.15, 0.2) is 30.5 Å². The van der Waals surface area contributed by atoms with Crippen LogP contribution in [0.25, 0.3) is 0 Å². The molecule has 1 aromatic heterocycles. The van der Waals surface area contributed by atoms with Crippen molar-refractivity contribution in [3.8, 4) is 0 Å². The number of aromatic nitrogens is 1. The van der Waals surface area contributed by atoms with Crippen LogP contribution in [0.1, 0.15) is 33.9 Å². The van der Waals surface area contributed by atoms with Gasteiger partial charge < -0.3 is 10.3 Å². The van der Waals surface area contributed by atoms with Crippen LogP contribution < -0.4 is 11.2 Å². The summed E-state index contributed by atoms with van der Waals surface area (Å²) in [5.74, 6) is -0.652. The van der Waals surface area contributed by atoms with Crippen LogP contribution in [-0.2, 0) is 6.42 Å². The van der Waals surface area contributed by atoms with Crippen molar-refractivity contribution in [2.45, 2.75) is 18.9 Å². The molecule has 0 aliphatic heterocycles. The van der Waals surface area contributed by atoms with E-state index in [2.05, 4.69) is 0 Å². The number of benzene rings is 1. The van der Waals surface area contributed by atoms with E-state index >= 15 is 0 Å². The van der Waals surface area contributed by atoms with Gasteiger partial charge in [0.15, 0.2) is 0 Å². The number of carbonyl (C=O) groups is 1. The summed E-state index contributed by atoms with van der Waals surface area (Å²) in [6, 6.07) is 7.15. The second kappa shape index (κ2) is 5.20. The fourth-order valence-electron chi connectivity index (χ4n) is 2.85. The van der Waals surface area contributed by atoms with Gasteiger partial charge in [0.05, 0.1) is 16.6 Å². The predicted molar refractivity (Wildman–Crippen MR) is 81.7 cm³/mol. The van der Waals surface area contributed by atoms with Crippen LogP contribution in [0.5, 0.6) is 0 Å². The molecule has 3 N–H and O–H groups in total. The highest BCUT2D eigenvalue weighted by molar-refractivity contribution is 6.31. The van der Waals surface area contributed by atoms with Crippen molar-refractivity contribution in [1.82, 2.24) is 4.57 Å². The number of nitrogens with one attached hydrogen (secondary N) is 1. The maximum atomic E-state index is 11.4. The fraction of sp³-hybridized carbons (Fsp3) is 0.200. The van der Waals surface area contributed by atoms with Crippen molar-refractivity contribution in [1.29, 1.82) is 5.41 Å². The van der Waals surface area contributed by atoms with Crippen molar-refractivity contribution in [2.75, 3.05) is 0 Å². The zero-order chi connectivity index (χ0) is 15.1. The number of pyridine rings is 1. The minimum atomic E-state index is -0.652. The second-order valence-electron chi connectivity index (χ2n) is 5.09. The van der Waals surface area contributed by atoms with Gasteiger partial charge in [-0.2, -0.15) is 0 Å². The summed E-state index contributed by atoms with van der Waals surface area (Å²) < 4.78 is 1.70. The molecule has 0 saturated heterocycles. The first-order chi connectivity index (χ1) is 9.97. The molecule has 1 amide bonds. The molecule has 1 unspecified atom stereocenters. The molecule has 0 bridgehead atoms. The number of nitrogens with two attached hydrogens (primary N) is 1. The van der Waals surface area contributed by atoms with E-state index in [1.165, 1.54) is 11.6 Å². The lowest BCUT2D eigenvalue weighted by Crippen LogP contribution is -2.31. The van der Waals surface area contributed by atoms with Crippen LogP contribution in [0.2, 0.25) is 10.0 Å². The largest absolute Gasteiger partial charge is 0.365 e. The van der Waals surface area contributed by atoms with Gasteiger partial charge in [0.2, 0.25) is 0 Å². The summed E-state index contributed by atoms with van der Waals surface area (Å²) in [7, 11) is 0. The number of hydrogen-bond donors (Lipinski definition) is 2. The van der Waals surface area contributed by atoms with Gasteiger partial charge in [-0.05, 0) is 42.2 Å². The van der Waals surface area contributed by atoms with E-state index in [1.54, 1.807) is 10.8 Å². The summed E-state index contributed by atoms with van der Waals surface area (Å²) in [5, 5.41) is 9.25. The highest BCUT2D eigenvalue weighted by Crippen LogP contribution is 2.35. The highest BCUT2D eigenvalue weighted by Gasteiger charge is 2.25. The van der Waals surface area contributed by atoms with Crippen molar-refractivity contribution in [2.24, 2.45) is 5.73 Å². The molecular formula is C15H13Cl2N3O. The highest BCUT2D eigenvalue weighted by atomic mass is 35.5. The Bertz CT molecular complexity index is 798. The topological polar surface area (TPSA) is 71.9 Å². The van der Waals surface area contributed by atoms with Gasteiger partial charge in [-0.1, -0.05) is 29.3 Å². The SMILES string of the molecule is N=c1c(C(N)=O)cc(Cl)cn1C1CCc2ccc(Cl)cc21. The molecule has 0 fully saturated rings. The molecule has 1 aromatic carbocycles. The standard InChI is InChI=1S/C15H13Cl2N3O/c16-9-3-1-8-2-4-13(11(8)5-9)20-7-10(17)6-12(14(20)18)15(19)21/h1,3,5-7,13,18H,2,4H2,(H2,19,21). The third-order valence-electron chi connectivity index (χ3n) is 3.81. The van der Waals surface area contributed by atoms with Gasteiger partial charge in [-0.3, -0.25) is 10.2 Å². The Morgan fingerprint density at radius 2 is 2.05 bits per heavy atom. The maximum Gasteiger partial charge on any atom is 0.252 e. The summed E-state index contributed by atoms with van der Waals surface area (Å²) in [4.78, 5) is 11.4. The molecule has 1 aliphatic carbocycles. The maximum absolute atomic E-state index is 11.4. The van der Waals surface area contributed by atoms with E-state index in [9.17, 15) is 4.79 Å². The van der Waals surface area contributed by atoms with E-state index in [4.69, 9.17) is 34.3 Å². The first-order valence-electron chi connectivity index (χ1n) is 6.52. The van der Waals surface area contributed by atoms with E-state index in [1.807, 2.05) is 18.2 Å². The number of nitrogens with zero attached hydrogens (tertiary/aromatic N) is 1. The van der Waals surface area contributed by atoms with E-state index in [0.29, 0.717) is 10.0 Å². The first-order valence-corrected chi connectivity index (χ1v) is 7.27. The Labute approximate surface area is 131 Å². The third-order valence-corrected chi connectivity index (χ3v) is 4.26. The number of halogens is 2. The van der Waals surface area contributed by atoms with Gasteiger partial charge in [-0.25, -0.2) is 0 Å². The van der Waals surface area contributed by atoms with Crippen LogP contribution in [-0.4, -0.2) is 10.5 Å². The van der Waals surface area contributed by atoms with Gasteiger partial charge in [0.25, 0.3) is 5.91 Å². The van der Waals surface area contributed by atoms with Crippen LogP contribution in [0, 0.1) is 5.41 Å². The summed E-state index contributed by atoms with van der Waals surface area (Å²) in [6.45, 7) is 0. The third kappa shape index (κ3) is 2.45. The molecule has 108 valence electrons. The molecule has 1 aliphatic rings. The molecule has 4 nitrogen and oxygen atoms in total. The first kappa shape index (κ1) is 14.2. The van der Waals surface area contributed by atoms with Gasteiger partial charge >= 0.3 is 0 Å². The molecule has 0 spiro atoms. The molecular weight excluding hydrogens is 309 g/mol. The molecule has 2 aromatic rings. The number of aryl methyl sites for hydroxylation is 1. The monoisotopic (exact) mass is 321 g/mol. The van der Waals surface area contributed by atoms with Gasteiger partial charge in [-0.15, -0.1) is 0 Å². The van der Waals surface area contributed by atoms with Crippen LogP contribution >= 0.6 is 23.2 Å². The van der Waals surface area contributed by atoms with Crippen molar-refractivity contribution < 1.29 is 4.79 Å². The minimum absolute atomic E-state index is 0.0528. The number of hydrogen-bond acceptors (Lipinski definition) is 2. The van der Waals surface area contributed by atoms with Crippen LogP contribution in [0.3, 0.4) is 0 Å². The quantitative estimate of drug-likeness (QED) is 0.877. The average molecular weight is 322 g/mol. The Kier molecular flexibility index (Phi) is 3.51. The van der Waals surface area contributed by atoms with Gasteiger partial charge in [0.1, 0.15) is 5.49 Å². The van der Waals surface area contributed by atoms with E-state index < -0.39 is 5.91 Å². The smallest absolute Gasteiger partial charge is 0.252 e. The molecule has 1 heterocycles. The Balaban J connectivity index is 2.18. The molecule has 1 atom stereocenters. The second-order valence-corrected chi connectivity index (χ2v) is 5.96. The molecule has 0 saturated carbocycles. The van der Waals surface area contributed by atoms with Crippen molar-refractivity contribution in [3.63, 3.8) is 0 Å². The Morgan fingerprint density at radius 3 is 2.76 bits per heavy atom. The van der Waals surface area contributed by atoms with E-state index in [-0.39, 0.29) is 17.1 Å². The molecule has 3 rings (SSSR count). The zero-order valence-corrected chi connectivity index (χ0v) is 12.6. The number of fused-ring (bicyclic) bond motifs is 1. The summed E-state index contributed by atoms with van der Waals surface area (Å²) in [6.07, 6.45) is 3.41. The normalized spacial score (nSPS) is 16.8. The Hall–Kier alpha value is -1.78. The fourth-order valence-corrected chi connectivity index (χ4v) is 3.25. The molecule has 6 heteroatoms. The lowest BCUT2D eigenvalue weighted by Gasteiger charge is -2.18. The van der Waals surface area contributed by atoms with E-state index in [0.717, 1.165) is 18.4 Å². The average Bonchev–Trinajstić information content (AvgIpc) is 2.83. The molecule has 21 heavy (non-hydrogen) atoms. The summed E-state index contributed by atoms with van der Waals surface area (Å²) >= 11 is 12.1. The van der Waals surface area contributed by atoms with Crippen molar-refractivity contribution >= 4 is 29.1 Å². The van der Waals surface area contributed by atoms with Crippen LogP contribution in [0.4, 0.5) is 0 Å². The zero-order valence-electron chi connectivity index (χ0n) is 11.1. The lowest BCUT2D eigenvalue weighted by atomic mass is 10.1. The number of rotatable bonds is 2. The van der Waals surface area contributed by atoms with Gasteiger partial charge in [0, 0.05) is 11.2 Å². The number of primary amides is 1. The van der Waals surface area contributed by atoms with Crippen molar-refractivity contribution in [3.05, 3.63) is 62.7 Å². The number of carbonyl (C=O) groups excluding carboxylic acids is 1.